The summed E-state index contributed by atoms with van der Waals surface area (Å²) in [6.45, 7) is 4.62. The van der Waals surface area contributed by atoms with E-state index < -0.39 is 5.41 Å². The molecule has 1 aromatic carbocycles. The van der Waals surface area contributed by atoms with Crippen molar-refractivity contribution in [3.8, 4) is 5.75 Å². The van der Waals surface area contributed by atoms with Gasteiger partial charge in [-0.2, -0.15) is 0 Å². The molecule has 0 N–H and O–H groups in total. The van der Waals surface area contributed by atoms with Crippen LogP contribution in [-0.4, -0.2) is 13.1 Å². The molecule has 3 nitrogen and oxygen atoms in total. The average Bonchev–Trinajstić information content (AvgIpc) is 2.47. The third-order valence-corrected chi connectivity index (χ3v) is 6.08. The Morgan fingerprint density at radius 3 is 2.86 bits per heavy atom. The molecule has 0 unspecified atom stereocenters. The summed E-state index contributed by atoms with van der Waals surface area (Å²) in [6, 6.07) is 6.15. The Hall–Kier alpha value is -1.51. The second-order valence-electron chi connectivity index (χ2n) is 7.45. The molecule has 112 valence electrons. The number of benzene rings is 1. The molecule has 21 heavy (non-hydrogen) atoms. The zero-order valence-electron chi connectivity index (χ0n) is 12.9. The summed E-state index contributed by atoms with van der Waals surface area (Å²) in [5.74, 6) is 1.22. The first kappa shape index (κ1) is 13.2. The molecule has 1 spiro atoms. The average molecular weight is 286 g/mol. The molecule has 2 fully saturated rings. The van der Waals surface area contributed by atoms with Crippen LogP contribution in [0.2, 0.25) is 0 Å². The monoisotopic (exact) mass is 286 g/mol. The van der Waals surface area contributed by atoms with Gasteiger partial charge in [-0.3, -0.25) is 4.79 Å². The summed E-state index contributed by atoms with van der Waals surface area (Å²) in [4.78, 5) is 12.8. The smallest absolute Gasteiger partial charge is 0.317 e. The fourth-order valence-corrected chi connectivity index (χ4v) is 5.05. The molecule has 3 heteroatoms. The molecule has 5 rings (SSSR count). The van der Waals surface area contributed by atoms with Crippen molar-refractivity contribution in [3.05, 3.63) is 29.3 Å². The Bertz CT molecular complexity index is 619. The van der Waals surface area contributed by atoms with Gasteiger partial charge in [-0.25, -0.2) is 0 Å². The lowest BCUT2D eigenvalue weighted by Gasteiger charge is -2.58. The van der Waals surface area contributed by atoms with Gasteiger partial charge in [-0.15, -0.1) is 0 Å². The van der Waals surface area contributed by atoms with Crippen LogP contribution < -0.4 is 4.74 Å². The van der Waals surface area contributed by atoms with Crippen LogP contribution in [0.15, 0.2) is 18.2 Å². The minimum atomic E-state index is -0.444. The molecule has 2 aliphatic heterocycles. The predicted molar refractivity (Wildman–Crippen MR) is 79.2 cm³/mol. The number of fused-ring (bicyclic) bond motifs is 1. The zero-order valence-corrected chi connectivity index (χ0v) is 12.9. The molecule has 0 radical (unpaired) electrons. The van der Waals surface area contributed by atoms with Crippen LogP contribution in [0.3, 0.4) is 0 Å². The maximum atomic E-state index is 12.8. The van der Waals surface area contributed by atoms with Gasteiger partial charge < -0.3 is 9.47 Å². The van der Waals surface area contributed by atoms with E-state index in [1.165, 1.54) is 17.5 Å². The van der Waals surface area contributed by atoms with E-state index in [0.717, 1.165) is 25.0 Å². The molecule has 0 amide bonds. The van der Waals surface area contributed by atoms with Gasteiger partial charge in [-0.1, -0.05) is 26.3 Å². The lowest BCUT2D eigenvalue weighted by molar-refractivity contribution is -0.185. The number of ether oxygens (including phenoxy) is 2. The highest BCUT2D eigenvalue weighted by Gasteiger charge is 2.63. The Balaban J connectivity index is 1.96. The van der Waals surface area contributed by atoms with E-state index in [1.807, 2.05) is 6.07 Å². The Morgan fingerprint density at radius 2 is 2.10 bits per heavy atom. The van der Waals surface area contributed by atoms with Gasteiger partial charge in [0.2, 0.25) is 0 Å². The molecule has 2 aliphatic carbocycles. The van der Waals surface area contributed by atoms with E-state index in [4.69, 9.17) is 9.47 Å². The van der Waals surface area contributed by atoms with Crippen molar-refractivity contribution in [3.63, 3.8) is 0 Å². The first-order chi connectivity index (χ1) is 9.99. The maximum Gasteiger partial charge on any atom is 0.317 e. The third kappa shape index (κ3) is 1.52. The van der Waals surface area contributed by atoms with E-state index in [1.54, 1.807) is 7.11 Å². The SMILES string of the molecule is COc1ccc2c(c1)[C@]13CCCC(C)(C)[C@@H]1C[C@H]2OC3=O. The molecule has 3 atom stereocenters. The number of carbonyl (C=O) groups excluding carboxylic acids is 1. The summed E-state index contributed by atoms with van der Waals surface area (Å²) in [5.41, 5.74) is 2.12. The standard InChI is InChI=1S/C18H22O3/c1-17(2)7-4-8-18-13-9-11(20-3)5-6-12(13)14(10-15(17)18)21-16(18)19/h5-6,9,14-15H,4,7-8,10H2,1-3H3/t14-,15+,18-/m1/s1. The largest absolute Gasteiger partial charge is 0.497 e. The summed E-state index contributed by atoms with van der Waals surface area (Å²) in [5, 5.41) is 0. The van der Waals surface area contributed by atoms with Gasteiger partial charge in [0.15, 0.2) is 0 Å². The number of hydrogen-bond acceptors (Lipinski definition) is 3. The van der Waals surface area contributed by atoms with Crippen LogP contribution in [0, 0.1) is 11.3 Å². The van der Waals surface area contributed by atoms with Crippen LogP contribution in [0.1, 0.15) is 56.8 Å². The first-order valence-electron chi connectivity index (χ1n) is 7.88. The highest BCUT2D eigenvalue weighted by molar-refractivity contribution is 5.88. The van der Waals surface area contributed by atoms with Crippen molar-refractivity contribution in [2.24, 2.45) is 11.3 Å². The van der Waals surface area contributed by atoms with Gasteiger partial charge in [0.1, 0.15) is 11.9 Å². The highest BCUT2D eigenvalue weighted by Crippen LogP contribution is 2.63. The summed E-state index contributed by atoms with van der Waals surface area (Å²) in [7, 11) is 1.68. The van der Waals surface area contributed by atoms with Gasteiger partial charge >= 0.3 is 5.97 Å². The summed E-state index contributed by atoms with van der Waals surface area (Å²) in [6.07, 6.45) is 4.09. The van der Waals surface area contributed by atoms with E-state index in [0.29, 0.717) is 5.92 Å². The van der Waals surface area contributed by atoms with Crippen LogP contribution >= 0.6 is 0 Å². The summed E-state index contributed by atoms with van der Waals surface area (Å²) < 4.78 is 11.2. The predicted octanol–water partition coefficient (Wildman–Crippen LogP) is 3.76. The van der Waals surface area contributed by atoms with Gasteiger partial charge in [-0.05, 0) is 53.9 Å². The minimum Gasteiger partial charge on any atom is -0.497 e. The lowest BCUT2D eigenvalue weighted by Crippen LogP contribution is -2.59. The molecule has 1 saturated carbocycles. The Labute approximate surface area is 125 Å². The normalized spacial score (nSPS) is 35.7. The van der Waals surface area contributed by atoms with Crippen molar-refractivity contribution in [1.82, 2.24) is 0 Å². The van der Waals surface area contributed by atoms with Crippen LogP contribution in [-0.2, 0) is 14.9 Å². The number of rotatable bonds is 1. The molecular formula is C18H22O3. The highest BCUT2D eigenvalue weighted by atomic mass is 16.5. The molecule has 1 saturated heterocycles. The second kappa shape index (κ2) is 4.02. The number of esters is 1. The lowest BCUT2D eigenvalue weighted by atomic mass is 9.48. The van der Waals surface area contributed by atoms with E-state index >= 15 is 0 Å². The first-order valence-corrected chi connectivity index (χ1v) is 7.88. The van der Waals surface area contributed by atoms with Crippen molar-refractivity contribution in [2.45, 2.75) is 51.0 Å². The van der Waals surface area contributed by atoms with E-state index in [9.17, 15) is 4.79 Å². The van der Waals surface area contributed by atoms with Crippen molar-refractivity contribution in [2.75, 3.05) is 7.11 Å². The zero-order chi connectivity index (χ0) is 14.8. The molecule has 2 heterocycles. The second-order valence-corrected chi connectivity index (χ2v) is 7.45. The fraction of sp³-hybridized carbons (Fsp3) is 0.611. The van der Waals surface area contributed by atoms with Gasteiger partial charge in [0.05, 0.1) is 12.5 Å². The number of carbonyl (C=O) groups is 1. The van der Waals surface area contributed by atoms with Crippen LogP contribution in [0.4, 0.5) is 0 Å². The van der Waals surface area contributed by atoms with Gasteiger partial charge in [0.25, 0.3) is 0 Å². The van der Waals surface area contributed by atoms with Crippen molar-refractivity contribution < 1.29 is 14.3 Å². The minimum absolute atomic E-state index is 0.00252. The summed E-state index contributed by atoms with van der Waals surface area (Å²) >= 11 is 0. The van der Waals surface area contributed by atoms with Gasteiger partial charge in [0, 0.05) is 0 Å². The van der Waals surface area contributed by atoms with E-state index in [2.05, 4.69) is 26.0 Å². The molecule has 4 aliphatic rings. The molecule has 2 bridgehead atoms. The van der Waals surface area contributed by atoms with Crippen molar-refractivity contribution >= 4 is 5.97 Å². The quantitative estimate of drug-likeness (QED) is 0.737. The Kier molecular flexibility index (Phi) is 2.52. The van der Waals surface area contributed by atoms with Crippen LogP contribution in [0.25, 0.3) is 0 Å². The van der Waals surface area contributed by atoms with Crippen LogP contribution in [0.5, 0.6) is 5.75 Å². The number of hydrogen-bond donors (Lipinski definition) is 0. The topological polar surface area (TPSA) is 35.5 Å². The molecule has 1 aromatic rings. The third-order valence-electron chi connectivity index (χ3n) is 6.08. The molecular weight excluding hydrogens is 264 g/mol. The Morgan fingerprint density at radius 1 is 1.29 bits per heavy atom. The van der Waals surface area contributed by atoms with E-state index in [-0.39, 0.29) is 17.5 Å². The fourth-order valence-electron chi connectivity index (χ4n) is 5.05. The number of methoxy groups -OCH3 is 1. The molecule has 0 aromatic heterocycles. The maximum absolute atomic E-state index is 12.8. The van der Waals surface area contributed by atoms with Crippen molar-refractivity contribution in [1.29, 1.82) is 0 Å².